The lowest BCUT2D eigenvalue weighted by Gasteiger charge is -2.38. The van der Waals surface area contributed by atoms with Crippen molar-refractivity contribution in [2.75, 3.05) is 26.2 Å². The molecule has 2 aliphatic rings. The van der Waals surface area contributed by atoms with E-state index >= 15 is 0 Å². The van der Waals surface area contributed by atoms with E-state index in [1.807, 2.05) is 71.7 Å². The Bertz CT molecular complexity index is 1130. The van der Waals surface area contributed by atoms with Gasteiger partial charge in [-0.25, -0.2) is 4.98 Å². The standard InChI is InChI=1S/C26H30N4O2/c1-28-16-13-27-24(28)20-9-5-14-29(17-20)25(31)21-10-6-15-30(18-21)26(32)23-12-4-8-19-7-2-3-11-22(19)23/h2-4,7-8,11-13,16,20-21H,5-6,9-10,14-15,17-18H2,1H3/t20-,21+/m0/s1. The second-order valence-corrected chi connectivity index (χ2v) is 9.14. The lowest BCUT2D eigenvalue weighted by molar-refractivity contribution is -0.138. The molecule has 166 valence electrons. The maximum atomic E-state index is 13.4. The molecule has 2 atom stereocenters. The smallest absolute Gasteiger partial charge is 0.254 e. The first-order valence-electron chi connectivity index (χ1n) is 11.6. The van der Waals surface area contributed by atoms with E-state index in [-0.39, 0.29) is 23.7 Å². The van der Waals surface area contributed by atoms with Crippen molar-refractivity contribution in [3.05, 3.63) is 66.2 Å². The molecule has 3 aromatic rings. The molecular formula is C26H30N4O2. The average Bonchev–Trinajstić information content (AvgIpc) is 3.28. The quantitative estimate of drug-likeness (QED) is 0.635. The van der Waals surface area contributed by atoms with Crippen LogP contribution in [-0.2, 0) is 11.8 Å². The summed E-state index contributed by atoms with van der Waals surface area (Å²) < 4.78 is 2.06. The summed E-state index contributed by atoms with van der Waals surface area (Å²) in [6, 6.07) is 13.9. The van der Waals surface area contributed by atoms with Gasteiger partial charge in [0, 0.05) is 57.1 Å². The third-order valence-corrected chi connectivity index (χ3v) is 7.03. The number of rotatable bonds is 3. The van der Waals surface area contributed by atoms with E-state index in [0.29, 0.717) is 13.1 Å². The molecule has 0 aliphatic carbocycles. The number of amides is 2. The van der Waals surface area contributed by atoms with Crippen molar-refractivity contribution < 1.29 is 9.59 Å². The summed E-state index contributed by atoms with van der Waals surface area (Å²) in [6.07, 6.45) is 7.56. The van der Waals surface area contributed by atoms with E-state index < -0.39 is 0 Å². The summed E-state index contributed by atoms with van der Waals surface area (Å²) in [5.74, 6) is 1.44. The summed E-state index contributed by atoms with van der Waals surface area (Å²) in [4.78, 5) is 35.2. The Labute approximate surface area is 188 Å². The number of fused-ring (bicyclic) bond motifs is 1. The molecule has 1 aromatic heterocycles. The summed E-state index contributed by atoms with van der Waals surface area (Å²) in [7, 11) is 2.01. The van der Waals surface area contributed by atoms with Crippen molar-refractivity contribution in [1.82, 2.24) is 19.4 Å². The fraction of sp³-hybridized carbons (Fsp3) is 0.423. The van der Waals surface area contributed by atoms with Crippen LogP contribution < -0.4 is 0 Å². The molecule has 2 aromatic carbocycles. The van der Waals surface area contributed by atoms with Crippen LogP contribution in [-0.4, -0.2) is 57.3 Å². The molecule has 0 N–H and O–H groups in total. The predicted octanol–water partition coefficient (Wildman–Crippen LogP) is 3.83. The molecule has 3 heterocycles. The van der Waals surface area contributed by atoms with E-state index in [1.165, 1.54) is 0 Å². The number of carbonyl (C=O) groups excluding carboxylic acids is 2. The van der Waals surface area contributed by atoms with Crippen LogP contribution in [0.4, 0.5) is 0 Å². The van der Waals surface area contributed by atoms with Gasteiger partial charge in [0.1, 0.15) is 5.82 Å². The molecule has 32 heavy (non-hydrogen) atoms. The number of imidazole rings is 1. The van der Waals surface area contributed by atoms with Gasteiger partial charge in [0.05, 0.1) is 5.92 Å². The molecule has 0 bridgehead atoms. The van der Waals surface area contributed by atoms with Crippen LogP contribution in [0.3, 0.4) is 0 Å². The van der Waals surface area contributed by atoms with Gasteiger partial charge in [-0.15, -0.1) is 0 Å². The highest BCUT2D eigenvalue weighted by Gasteiger charge is 2.34. The second kappa shape index (κ2) is 8.77. The lowest BCUT2D eigenvalue weighted by Crippen LogP contribution is -2.49. The second-order valence-electron chi connectivity index (χ2n) is 9.14. The normalized spacial score (nSPS) is 21.7. The highest BCUT2D eigenvalue weighted by molar-refractivity contribution is 6.07. The van der Waals surface area contributed by atoms with Crippen LogP contribution in [0.5, 0.6) is 0 Å². The molecule has 6 heteroatoms. The maximum Gasteiger partial charge on any atom is 0.254 e. The van der Waals surface area contributed by atoms with Gasteiger partial charge in [0.25, 0.3) is 5.91 Å². The van der Waals surface area contributed by atoms with E-state index in [9.17, 15) is 9.59 Å². The van der Waals surface area contributed by atoms with Crippen LogP contribution in [0.25, 0.3) is 10.8 Å². The zero-order valence-electron chi connectivity index (χ0n) is 18.6. The number of benzene rings is 2. The first kappa shape index (κ1) is 20.7. The van der Waals surface area contributed by atoms with Gasteiger partial charge in [-0.05, 0) is 42.5 Å². The van der Waals surface area contributed by atoms with Gasteiger partial charge in [0.2, 0.25) is 5.91 Å². The van der Waals surface area contributed by atoms with Crippen LogP contribution >= 0.6 is 0 Å². The van der Waals surface area contributed by atoms with E-state index in [0.717, 1.165) is 60.9 Å². The number of hydrogen-bond acceptors (Lipinski definition) is 3. The zero-order chi connectivity index (χ0) is 22.1. The number of likely N-dealkylation sites (tertiary alicyclic amines) is 2. The van der Waals surface area contributed by atoms with Crippen molar-refractivity contribution in [2.45, 2.75) is 31.6 Å². The van der Waals surface area contributed by atoms with Gasteiger partial charge in [-0.3, -0.25) is 9.59 Å². The Kier molecular flexibility index (Phi) is 5.68. The molecule has 0 saturated carbocycles. The molecular weight excluding hydrogens is 400 g/mol. The topological polar surface area (TPSA) is 58.4 Å². The number of hydrogen-bond donors (Lipinski definition) is 0. The largest absolute Gasteiger partial charge is 0.342 e. The minimum absolute atomic E-state index is 0.0313. The molecule has 2 saturated heterocycles. The van der Waals surface area contributed by atoms with Crippen molar-refractivity contribution in [3.8, 4) is 0 Å². The number of piperidine rings is 2. The third-order valence-electron chi connectivity index (χ3n) is 7.03. The molecule has 0 spiro atoms. The highest BCUT2D eigenvalue weighted by atomic mass is 16.2. The summed E-state index contributed by atoms with van der Waals surface area (Å²) in [5, 5.41) is 2.04. The van der Waals surface area contributed by atoms with Gasteiger partial charge in [-0.2, -0.15) is 0 Å². The van der Waals surface area contributed by atoms with Crippen molar-refractivity contribution in [3.63, 3.8) is 0 Å². The SMILES string of the molecule is Cn1ccnc1[C@H]1CCCN(C(=O)[C@@H]2CCCN(C(=O)c3cccc4ccccc34)C2)C1. The van der Waals surface area contributed by atoms with Crippen molar-refractivity contribution >= 4 is 22.6 Å². The molecule has 2 fully saturated rings. The number of aromatic nitrogens is 2. The van der Waals surface area contributed by atoms with Crippen LogP contribution in [0.2, 0.25) is 0 Å². The predicted molar refractivity (Wildman–Crippen MR) is 124 cm³/mol. The minimum atomic E-state index is -0.122. The lowest BCUT2D eigenvalue weighted by atomic mass is 9.92. The van der Waals surface area contributed by atoms with Gasteiger partial charge < -0.3 is 14.4 Å². The molecule has 2 amide bonds. The van der Waals surface area contributed by atoms with Crippen LogP contribution in [0.1, 0.15) is 47.8 Å². The number of nitrogens with zero attached hydrogens (tertiary/aromatic N) is 4. The average molecular weight is 431 g/mol. The van der Waals surface area contributed by atoms with E-state index in [4.69, 9.17) is 0 Å². The van der Waals surface area contributed by atoms with Gasteiger partial charge >= 0.3 is 0 Å². The third kappa shape index (κ3) is 3.90. The maximum absolute atomic E-state index is 13.4. The summed E-state index contributed by atoms with van der Waals surface area (Å²) in [5.41, 5.74) is 0.726. The first-order chi connectivity index (χ1) is 15.6. The van der Waals surface area contributed by atoms with Crippen molar-refractivity contribution in [2.24, 2.45) is 13.0 Å². The van der Waals surface area contributed by atoms with Crippen molar-refractivity contribution in [1.29, 1.82) is 0 Å². The van der Waals surface area contributed by atoms with E-state index in [2.05, 4.69) is 9.55 Å². The first-order valence-corrected chi connectivity index (χ1v) is 11.6. The molecule has 5 rings (SSSR count). The Morgan fingerprint density at radius 1 is 0.938 bits per heavy atom. The molecule has 2 aliphatic heterocycles. The Balaban J connectivity index is 1.30. The Hall–Kier alpha value is -3.15. The summed E-state index contributed by atoms with van der Waals surface area (Å²) in [6.45, 7) is 2.73. The fourth-order valence-electron chi connectivity index (χ4n) is 5.36. The van der Waals surface area contributed by atoms with Crippen LogP contribution in [0, 0.1) is 5.92 Å². The number of aryl methyl sites for hydroxylation is 1. The Morgan fingerprint density at radius 2 is 1.72 bits per heavy atom. The molecule has 6 nitrogen and oxygen atoms in total. The molecule has 0 unspecified atom stereocenters. The Morgan fingerprint density at radius 3 is 2.56 bits per heavy atom. The van der Waals surface area contributed by atoms with Gasteiger partial charge in [0.15, 0.2) is 0 Å². The fourth-order valence-corrected chi connectivity index (χ4v) is 5.36. The van der Waals surface area contributed by atoms with Gasteiger partial charge in [-0.1, -0.05) is 36.4 Å². The minimum Gasteiger partial charge on any atom is -0.342 e. The van der Waals surface area contributed by atoms with E-state index in [1.54, 1.807) is 0 Å². The monoisotopic (exact) mass is 430 g/mol. The number of carbonyl (C=O) groups is 2. The zero-order valence-corrected chi connectivity index (χ0v) is 18.6. The molecule has 0 radical (unpaired) electrons. The summed E-state index contributed by atoms with van der Waals surface area (Å²) >= 11 is 0. The van der Waals surface area contributed by atoms with Crippen LogP contribution in [0.15, 0.2) is 54.9 Å². The highest BCUT2D eigenvalue weighted by Crippen LogP contribution is 2.29.